The normalized spacial score (nSPS) is 23.0. The second kappa shape index (κ2) is 6.97. The Morgan fingerprint density at radius 3 is 2.71 bits per heavy atom. The minimum absolute atomic E-state index is 0.0151. The van der Waals surface area contributed by atoms with Crippen LogP contribution in [0.2, 0.25) is 0 Å². The molecule has 1 fully saturated rings. The second-order valence-corrected chi connectivity index (χ2v) is 5.53. The predicted octanol–water partition coefficient (Wildman–Crippen LogP) is 0.818. The highest BCUT2D eigenvalue weighted by Gasteiger charge is 2.28. The van der Waals surface area contributed by atoms with Crippen LogP contribution in [-0.2, 0) is 4.79 Å². The molecule has 1 amide bonds. The molecular weight excluding hydrogens is 214 g/mol. The van der Waals surface area contributed by atoms with Crippen molar-refractivity contribution < 1.29 is 4.79 Å². The Bertz CT molecular complexity index is 243. The van der Waals surface area contributed by atoms with Gasteiger partial charge in [0.15, 0.2) is 0 Å². The topological polar surface area (TPSA) is 58.4 Å². The molecule has 17 heavy (non-hydrogen) atoms. The molecule has 1 rings (SSSR count). The first kappa shape index (κ1) is 14.5. The average molecular weight is 241 g/mol. The molecule has 0 aromatic heterocycles. The highest BCUT2D eigenvalue weighted by atomic mass is 16.2. The summed E-state index contributed by atoms with van der Waals surface area (Å²) in [4.78, 5) is 14.2. The molecule has 0 aromatic carbocycles. The SMILES string of the molecule is CC(C)CCNC(=O)C(C)N1CCC(CN)C1. The van der Waals surface area contributed by atoms with Gasteiger partial charge in [-0.15, -0.1) is 0 Å². The predicted molar refractivity (Wildman–Crippen MR) is 70.7 cm³/mol. The molecule has 4 nitrogen and oxygen atoms in total. The summed E-state index contributed by atoms with van der Waals surface area (Å²) in [7, 11) is 0. The third-order valence-corrected chi connectivity index (χ3v) is 3.60. The zero-order chi connectivity index (χ0) is 12.8. The van der Waals surface area contributed by atoms with E-state index in [4.69, 9.17) is 5.73 Å². The van der Waals surface area contributed by atoms with Crippen LogP contribution in [-0.4, -0.2) is 43.0 Å². The van der Waals surface area contributed by atoms with Crippen LogP contribution < -0.4 is 11.1 Å². The summed E-state index contributed by atoms with van der Waals surface area (Å²) in [5, 5.41) is 3.01. The molecule has 2 unspecified atom stereocenters. The van der Waals surface area contributed by atoms with E-state index in [-0.39, 0.29) is 11.9 Å². The van der Waals surface area contributed by atoms with Crippen LogP contribution in [0.1, 0.15) is 33.6 Å². The van der Waals surface area contributed by atoms with Gasteiger partial charge >= 0.3 is 0 Å². The average Bonchev–Trinajstić information content (AvgIpc) is 2.75. The first-order valence-electron chi connectivity index (χ1n) is 6.76. The van der Waals surface area contributed by atoms with Gasteiger partial charge in [0.2, 0.25) is 5.91 Å². The number of nitrogens with two attached hydrogens (primary N) is 1. The summed E-state index contributed by atoms with van der Waals surface area (Å²) < 4.78 is 0. The van der Waals surface area contributed by atoms with Crippen LogP contribution in [0.15, 0.2) is 0 Å². The van der Waals surface area contributed by atoms with Gasteiger partial charge in [0, 0.05) is 13.1 Å². The van der Waals surface area contributed by atoms with Gasteiger partial charge in [0.1, 0.15) is 0 Å². The Morgan fingerprint density at radius 2 is 2.18 bits per heavy atom. The molecule has 0 radical (unpaired) electrons. The summed E-state index contributed by atoms with van der Waals surface area (Å²) in [5.41, 5.74) is 5.66. The molecule has 2 atom stereocenters. The molecule has 1 saturated heterocycles. The van der Waals surface area contributed by atoms with Crippen molar-refractivity contribution in [3.05, 3.63) is 0 Å². The van der Waals surface area contributed by atoms with Gasteiger partial charge in [-0.25, -0.2) is 0 Å². The van der Waals surface area contributed by atoms with Crippen molar-refractivity contribution in [3.63, 3.8) is 0 Å². The zero-order valence-corrected chi connectivity index (χ0v) is 11.4. The van der Waals surface area contributed by atoms with E-state index in [1.807, 2.05) is 6.92 Å². The lowest BCUT2D eigenvalue weighted by Crippen LogP contribution is -2.44. The fourth-order valence-corrected chi connectivity index (χ4v) is 2.20. The van der Waals surface area contributed by atoms with Crippen molar-refractivity contribution in [3.8, 4) is 0 Å². The number of carbonyl (C=O) groups excluding carboxylic acids is 1. The maximum absolute atomic E-state index is 11.9. The van der Waals surface area contributed by atoms with Crippen molar-refractivity contribution in [2.75, 3.05) is 26.2 Å². The number of nitrogens with zero attached hydrogens (tertiary/aromatic N) is 1. The van der Waals surface area contributed by atoms with Gasteiger partial charge in [-0.2, -0.15) is 0 Å². The standard InChI is InChI=1S/C13H27N3O/c1-10(2)4-6-15-13(17)11(3)16-7-5-12(8-14)9-16/h10-12H,4-9,14H2,1-3H3,(H,15,17). The Morgan fingerprint density at radius 1 is 1.47 bits per heavy atom. The van der Waals surface area contributed by atoms with Crippen molar-refractivity contribution in [2.24, 2.45) is 17.6 Å². The Balaban J connectivity index is 2.27. The van der Waals surface area contributed by atoms with Gasteiger partial charge in [0.25, 0.3) is 0 Å². The van der Waals surface area contributed by atoms with E-state index in [0.29, 0.717) is 11.8 Å². The minimum Gasteiger partial charge on any atom is -0.355 e. The second-order valence-electron chi connectivity index (χ2n) is 5.53. The summed E-state index contributed by atoms with van der Waals surface area (Å²) in [6.45, 7) is 9.82. The van der Waals surface area contributed by atoms with Gasteiger partial charge in [-0.1, -0.05) is 13.8 Å². The summed E-state index contributed by atoms with van der Waals surface area (Å²) in [6.07, 6.45) is 2.17. The summed E-state index contributed by atoms with van der Waals surface area (Å²) >= 11 is 0. The largest absolute Gasteiger partial charge is 0.355 e. The van der Waals surface area contributed by atoms with Gasteiger partial charge < -0.3 is 11.1 Å². The molecule has 0 aliphatic carbocycles. The van der Waals surface area contributed by atoms with Crippen molar-refractivity contribution >= 4 is 5.91 Å². The number of likely N-dealkylation sites (tertiary alicyclic amines) is 1. The van der Waals surface area contributed by atoms with Gasteiger partial charge in [-0.05, 0) is 44.7 Å². The highest BCUT2D eigenvalue weighted by Crippen LogP contribution is 2.17. The smallest absolute Gasteiger partial charge is 0.237 e. The Labute approximate surface area is 105 Å². The van der Waals surface area contributed by atoms with Crippen molar-refractivity contribution in [2.45, 2.75) is 39.7 Å². The minimum atomic E-state index is -0.0151. The van der Waals surface area contributed by atoms with Crippen LogP contribution in [0.25, 0.3) is 0 Å². The molecule has 100 valence electrons. The number of hydrogen-bond donors (Lipinski definition) is 2. The number of nitrogens with one attached hydrogen (secondary N) is 1. The fourth-order valence-electron chi connectivity index (χ4n) is 2.20. The lowest BCUT2D eigenvalue weighted by molar-refractivity contribution is -0.125. The van der Waals surface area contributed by atoms with Crippen molar-refractivity contribution in [1.29, 1.82) is 0 Å². The van der Waals surface area contributed by atoms with Crippen LogP contribution >= 0.6 is 0 Å². The molecule has 1 aliphatic heterocycles. The maximum Gasteiger partial charge on any atom is 0.237 e. The molecular formula is C13H27N3O. The van der Waals surface area contributed by atoms with E-state index in [0.717, 1.165) is 39.0 Å². The molecule has 4 heteroatoms. The molecule has 0 bridgehead atoms. The summed E-state index contributed by atoms with van der Waals surface area (Å²) in [6, 6.07) is -0.0151. The van der Waals surface area contributed by atoms with Gasteiger partial charge in [-0.3, -0.25) is 9.69 Å². The van der Waals surface area contributed by atoms with E-state index in [1.54, 1.807) is 0 Å². The molecule has 1 aliphatic rings. The first-order valence-corrected chi connectivity index (χ1v) is 6.76. The lowest BCUT2D eigenvalue weighted by Gasteiger charge is -2.23. The first-order chi connectivity index (χ1) is 8.04. The molecule has 0 saturated carbocycles. The third kappa shape index (κ3) is 4.64. The highest BCUT2D eigenvalue weighted by molar-refractivity contribution is 5.81. The number of rotatable bonds is 6. The molecule has 0 aromatic rings. The van der Waals surface area contributed by atoms with E-state index < -0.39 is 0 Å². The molecule has 1 heterocycles. The molecule has 3 N–H and O–H groups in total. The third-order valence-electron chi connectivity index (χ3n) is 3.60. The molecule has 0 spiro atoms. The Hall–Kier alpha value is -0.610. The quantitative estimate of drug-likeness (QED) is 0.724. The van der Waals surface area contributed by atoms with E-state index in [9.17, 15) is 4.79 Å². The van der Waals surface area contributed by atoms with Crippen LogP contribution in [0, 0.1) is 11.8 Å². The number of hydrogen-bond acceptors (Lipinski definition) is 3. The Kier molecular flexibility index (Phi) is 5.92. The number of carbonyl (C=O) groups is 1. The maximum atomic E-state index is 11.9. The van der Waals surface area contributed by atoms with E-state index in [2.05, 4.69) is 24.1 Å². The van der Waals surface area contributed by atoms with E-state index >= 15 is 0 Å². The van der Waals surface area contributed by atoms with Crippen molar-refractivity contribution in [1.82, 2.24) is 10.2 Å². The lowest BCUT2D eigenvalue weighted by atomic mass is 10.1. The summed E-state index contributed by atoms with van der Waals surface area (Å²) in [5.74, 6) is 1.36. The van der Waals surface area contributed by atoms with Crippen LogP contribution in [0.3, 0.4) is 0 Å². The monoisotopic (exact) mass is 241 g/mol. The van der Waals surface area contributed by atoms with Crippen LogP contribution in [0.5, 0.6) is 0 Å². The number of amides is 1. The van der Waals surface area contributed by atoms with Crippen LogP contribution in [0.4, 0.5) is 0 Å². The zero-order valence-electron chi connectivity index (χ0n) is 11.4. The van der Waals surface area contributed by atoms with E-state index in [1.165, 1.54) is 0 Å². The fraction of sp³-hybridized carbons (Fsp3) is 0.923. The van der Waals surface area contributed by atoms with Gasteiger partial charge in [0.05, 0.1) is 6.04 Å².